The largest absolute Gasteiger partial charge is 0.400 e. The summed E-state index contributed by atoms with van der Waals surface area (Å²) in [6, 6.07) is 8.56. The van der Waals surface area contributed by atoms with Crippen LogP contribution in [0.3, 0.4) is 0 Å². The summed E-state index contributed by atoms with van der Waals surface area (Å²) in [7, 11) is -1.65. The Bertz CT molecular complexity index is 411. The van der Waals surface area contributed by atoms with E-state index in [1.165, 1.54) is 11.1 Å². The van der Waals surface area contributed by atoms with Crippen molar-refractivity contribution in [3.05, 3.63) is 41.5 Å². The Labute approximate surface area is 98.8 Å². The molecule has 2 heteroatoms. The molecule has 1 aromatic rings. The first-order valence-electron chi connectivity index (χ1n) is 5.97. The fourth-order valence-electron chi connectivity index (χ4n) is 2.46. The molecule has 0 aliphatic heterocycles. The molecule has 0 heterocycles. The van der Waals surface area contributed by atoms with E-state index in [-0.39, 0.29) is 0 Å². The van der Waals surface area contributed by atoms with Gasteiger partial charge in [0.1, 0.15) is 0 Å². The Balaban J connectivity index is 2.41. The zero-order valence-electron chi connectivity index (χ0n) is 10.3. The second-order valence-corrected chi connectivity index (χ2v) is 10.4. The Morgan fingerprint density at radius 2 is 2.00 bits per heavy atom. The highest BCUT2D eigenvalue weighted by atomic mass is 28.3. The van der Waals surface area contributed by atoms with E-state index in [0.29, 0.717) is 17.3 Å². The fourth-order valence-corrected chi connectivity index (χ4v) is 5.25. The van der Waals surface area contributed by atoms with E-state index in [9.17, 15) is 5.11 Å². The van der Waals surface area contributed by atoms with Crippen molar-refractivity contribution < 1.29 is 5.11 Å². The van der Waals surface area contributed by atoms with E-state index in [1.54, 1.807) is 0 Å². The molecule has 0 radical (unpaired) electrons. The molecule has 0 spiro atoms. The molecule has 1 nitrogen and oxygen atoms in total. The summed E-state index contributed by atoms with van der Waals surface area (Å²) in [5.41, 5.74) is 3.83. The molecule has 16 heavy (non-hydrogen) atoms. The molecule has 0 amide bonds. The highest BCUT2D eigenvalue weighted by Gasteiger charge is 2.40. The normalized spacial score (nSPS) is 22.2. The first-order chi connectivity index (χ1) is 7.59. The quantitative estimate of drug-likeness (QED) is 0.792. The smallest absolute Gasteiger partial charge is 0.0942 e. The number of aliphatic hydroxyl groups is 1. The van der Waals surface area contributed by atoms with Gasteiger partial charge in [-0.25, -0.2) is 0 Å². The second kappa shape index (κ2) is 4.19. The molecule has 2 atom stereocenters. The van der Waals surface area contributed by atoms with E-state index in [4.69, 9.17) is 0 Å². The van der Waals surface area contributed by atoms with Gasteiger partial charge in [0.15, 0.2) is 0 Å². The minimum absolute atomic E-state index is 0.369. The number of allylic oxidation sites excluding steroid dienone is 1. The first-order valence-corrected chi connectivity index (χ1v) is 8.84. The molecular formula is C14H20OSi. The Hall–Kier alpha value is -0.863. The zero-order valence-corrected chi connectivity index (χ0v) is 11.3. The van der Waals surface area contributed by atoms with E-state index < -0.39 is 8.07 Å². The van der Waals surface area contributed by atoms with Gasteiger partial charge in [-0.1, -0.05) is 56.8 Å². The summed E-state index contributed by atoms with van der Waals surface area (Å²) in [5.74, 6) is 0. The predicted octanol–water partition coefficient (Wildman–Crippen LogP) is 3.36. The van der Waals surface area contributed by atoms with Crippen LogP contribution in [0.25, 0.3) is 6.08 Å². The Morgan fingerprint density at radius 3 is 2.62 bits per heavy atom. The Morgan fingerprint density at radius 1 is 1.31 bits per heavy atom. The van der Waals surface area contributed by atoms with Crippen molar-refractivity contribution in [2.45, 2.75) is 31.5 Å². The molecule has 0 bridgehead atoms. The molecule has 1 aliphatic rings. The molecule has 0 saturated carbocycles. The van der Waals surface area contributed by atoms with Crippen molar-refractivity contribution in [2.75, 3.05) is 6.23 Å². The maximum Gasteiger partial charge on any atom is 0.0942 e. The number of aliphatic hydroxyl groups excluding tert-OH is 1. The van der Waals surface area contributed by atoms with E-state index in [2.05, 4.69) is 56.8 Å². The van der Waals surface area contributed by atoms with E-state index in [0.717, 1.165) is 0 Å². The summed E-state index contributed by atoms with van der Waals surface area (Å²) < 4.78 is 0. The van der Waals surface area contributed by atoms with Crippen LogP contribution in [-0.2, 0) is 0 Å². The van der Waals surface area contributed by atoms with Crippen LogP contribution in [-0.4, -0.2) is 19.4 Å². The summed E-state index contributed by atoms with van der Waals surface area (Å²) >= 11 is 0. The maximum atomic E-state index is 9.77. The number of hydrogen-bond donors (Lipinski definition) is 1. The van der Waals surface area contributed by atoms with Crippen LogP contribution in [0.4, 0.5) is 0 Å². The molecular weight excluding hydrogens is 212 g/mol. The molecule has 0 aromatic heterocycles. The van der Waals surface area contributed by atoms with Crippen molar-refractivity contribution >= 4 is 14.1 Å². The van der Waals surface area contributed by atoms with Gasteiger partial charge >= 0.3 is 0 Å². The van der Waals surface area contributed by atoms with Gasteiger partial charge in [-0.05, 0) is 16.7 Å². The van der Waals surface area contributed by atoms with Gasteiger partial charge in [-0.15, -0.1) is 0 Å². The Kier molecular flexibility index (Phi) is 3.04. The molecule has 1 N–H and O–H groups in total. The SMILES string of the molecule is CC(C)[Si](C)(CO)C1C=Cc2ccccc21. The van der Waals surface area contributed by atoms with Gasteiger partial charge in [0.25, 0.3) is 0 Å². The average molecular weight is 232 g/mol. The predicted molar refractivity (Wildman–Crippen MR) is 72.0 cm³/mol. The first kappa shape index (κ1) is 11.6. The fraction of sp³-hybridized carbons (Fsp3) is 0.429. The van der Waals surface area contributed by atoms with Crippen LogP contribution in [0, 0.1) is 0 Å². The molecule has 1 aromatic carbocycles. The third-order valence-corrected chi connectivity index (χ3v) is 9.41. The molecule has 1 aliphatic carbocycles. The van der Waals surface area contributed by atoms with Gasteiger partial charge in [0, 0.05) is 11.8 Å². The van der Waals surface area contributed by atoms with Crippen molar-refractivity contribution in [2.24, 2.45) is 0 Å². The monoisotopic (exact) mass is 232 g/mol. The molecule has 2 rings (SSSR count). The van der Waals surface area contributed by atoms with Crippen molar-refractivity contribution in [3.63, 3.8) is 0 Å². The van der Waals surface area contributed by atoms with Gasteiger partial charge < -0.3 is 5.11 Å². The third kappa shape index (κ3) is 1.66. The number of rotatable bonds is 3. The minimum atomic E-state index is -1.65. The van der Waals surface area contributed by atoms with Gasteiger partial charge in [0.05, 0.1) is 8.07 Å². The lowest BCUT2D eigenvalue weighted by atomic mass is 10.1. The third-order valence-electron chi connectivity index (χ3n) is 4.17. The summed E-state index contributed by atoms with van der Waals surface area (Å²) in [6.45, 7) is 6.81. The van der Waals surface area contributed by atoms with Crippen LogP contribution >= 0.6 is 0 Å². The maximum absolute atomic E-state index is 9.77. The van der Waals surface area contributed by atoms with Crippen LogP contribution in [0.2, 0.25) is 12.1 Å². The van der Waals surface area contributed by atoms with Gasteiger partial charge in [0.2, 0.25) is 0 Å². The van der Waals surface area contributed by atoms with E-state index >= 15 is 0 Å². The standard InChI is InChI=1S/C14H20OSi/c1-11(2)16(3,10-15)14-9-8-12-6-4-5-7-13(12)14/h4-9,11,14-15H,10H2,1-3H3. The summed E-state index contributed by atoms with van der Waals surface area (Å²) in [6.07, 6.45) is 4.88. The lowest BCUT2D eigenvalue weighted by Crippen LogP contribution is -2.44. The molecule has 2 unspecified atom stereocenters. The van der Waals surface area contributed by atoms with Gasteiger partial charge in [-0.3, -0.25) is 0 Å². The highest BCUT2D eigenvalue weighted by Crippen LogP contribution is 2.41. The minimum Gasteiger partial charge on any atom is -0.400 e. The van der Waals surface area contributed by atoms with E-state index in [1.807, 2.05) is 0 Å². The van der Waals surface area contributed by atoms with Crippen LogP contribution in [0.1, 0.15) is 30.5 Å². The van der Waals surface area contributed by atoms with Crippen molar-refractivity contribution in [1.82, 2.24) is 0 Å². The van der Waals surface area contributed by atoms with Crippen molar-refractivity contribution in [1.29, 1.82) is 0 Å². The van der Waals surface area contributed by atoms with Crippen LogP contribution < -0.4 is 0 Å². The van der Waals surface area contributed by atoms with Crippen LogP contribution in [0.5, 0.6) is 0 Å². The topological polar surface area (TPSA) is 20.2 Å². The van der Waals surface area contributed by atoms with Crippen molar-refractivity contribution in [3.8, 4) is 0 Å². The zero-order chi connectivity index (χ0) is 11.8. The summed E-state index contributed by atoms with van der Waals surface area (Å²) in [4.78, 5) is 0. The lowest BCUT2D eigenvalue weighted by molar-refractivity contribution is 0.353. The lowest BCUT2D eigenvalue weighted by Gasteiger charge is -2.35. The molecule has 0 saturated heterocycles. The molecule has 86 valence electrons. The number of fused-ring (bicyclic) bond motifs is 1. The highest BCUT2D eigenvalue weighted by molar-refractivity contribution is 6.81. The summed E-state index contributed by atoms with van der Waals surface area (Å²) in [5, 5.41) is 9.77. The van der Waals surface area contributed by atoms with Gasteiger partial charge in [-0.2, -0.15) is 0 Å². The average Bonchev–Trinajstić information content (AvgIpc) is 2.72. The van der Waals surface area contributed by atoms with Crippen LogP contribution in [0.15, 0.2) is 30.3 Å². The molecule has 0 fully saturated rings. The number of hydrogen-bond acceptors (Lipinski definition) is 1. The second-order valence-electron chi connectivity index (χ2n) is 5.28. The number of benzene rings is 1.